The average Bonchev–Trinajstić information content (AvgIpc) is 3.23. The maximum atomic E-state index is 12.4. The molecular weight excluding hydrogens is 290 g/mol. The number of carbonyl (C=O) groups excluding carboxylic acids is 1. The molecule has 2 aliphatic rings. The Morgan fingerprint density at radius 3 is 3.09 bits per heavy atom. The van der Waals surface area contributed by atoms with E-state index in [1.54, 1.807) is 0 Å². The minimum atomic E-state index is -0.0945. The van der Waals surface area contributed by atoms with E-state index in [0.29, 0.717) is 18.5 Å². The number of nitrogens with zero attached hydrogens (tertiary/aromatic N) is 2. The fourth-order valence-electron chi connectivity index (χ4n) is 3.96. The number of imidazole rings is 1. The lowest BCUT2D eigenvalue weighted by atomic mass is 9.97. The standard InChI is InChI=1S/C17H23N5O/c1-22-14-8-3-2-6-13(14)19-15(22)9-10-18-17(23)16-11-5-4-7-12(11)20-21-16/h2-3,6,8,11-12,16,20-21H,4-5,7,9-10H2,1H3,(H,18,23). The van der Waals surface area contributed by atoms with Crippen LogP contribution in [0.3, 0.4) is 0 Å². The highest BCUT2D eigenvalue weighted by Crippen LogP contribution is 2.31. The zero-order chi connectivity index (χ0) is 15.8. The lowest BCUT2D eigenvalue weighted by Gasteiger charge is -2.16. The number of rotatable bonds is 4. The topological polar surface area (TPSA) is 71.0 Å². The first-order valence-corrected chi connectivity index (χ1v) is 8.43. The lowest BCUT2D eigenvalue weighted by Crippen LogP contribution is -2.46. The van der Waals surface area contributed by atoms with Gasteiger partial charge in [0, 0.05) is 32.0 Å². The van der Waals surface area contributed by atoms with E-state index in [4.69, 9.17) is 0 Å². The van der Waals surface area contributed by atoms with Gasteiger partial charge in [-0.15, -0.1) is 0 Å². The third-order valence-electron chi connectivity index (χ3n) is 5.23. The second kappa shape index (κ2) is 5.94. The molecule has 0 bridgehead atoms. The molecule has 2 heterocycles. The Bertz CT molecular complexity index is 725. The number of nitrogens with one attached hydrogen (secondary N) is 3. The molecule has 23 heavy (non-hydrogen) atoms. The Kier molecular flexibility index (Phi) is 3.79. The van der Waals surface area contributed by atoms with Crippen LogP contribution in [0.2, 0.25) is 0 Å². The predicted molar refractivity (Wildman–Crippen MR) is 88.6 cm³/mol. The fourth-order valence-corrected chi connectivity index (χ4v) is 3.96. The molecule has 1 aromatic carbocycles. The highest BCUT2D eigenvalue weighted by Gasteiger charge is 2.42. The van der Waals surface area contributed by atoms with Gasteiger partial charge in [0.2, 0.25) is 5.91 Å². The highest BCUT2D eigenvalue weighted by molar-refractivity contribution is 5.82. The minimum Gasteiger partial charge on any atom is -0.354 e. The number of hydrazine groups is 1. The Morgan fingerprint density at radius 2 is 2.22 bits per heavy atom. The van der Waals surface area contributed by atoms with Crippen molar-refractivity contribution in [2.75, 3.05) is 6.54 Å². The van der Waals surface area contributed by atoms with E-state index in [2.05, 4.69) is 31.8 Å². The van der Waals surface area contributed by atoms with E-state index in [0.717, 1.165) is 29.7 Å². The third-order valence-corrected chi connectivity index (χ3v) is 5.23. The quantitative estimate of drug-likeness (QED) is 0.783. The summed E-state index contributed by atoms with van der Waals surface area (Å²) < 4.78 is 2.10. The average molecular weight is 313 g/mol. The minimum absolute atomic E-state index is 0.0945. The molecule has 6 heteroatoms. The summed E-state index contributed by atoms with van der Waals surface area (Å²) >= 11 is 0. The van der Waals surface area contributed by atoms with Gasteiger partial charge in [0.15, 0.2) is 0 Å². The Morgan fingerprint density at radius 1 is 1.35 bits per heavy atom. The van der Waals surface area contributed by atoms with Crippen LogP contribution in [0.5, 0.6) is 0 Å². The number of hydrogen-bond donors (Lipinski definition) is 3. The van der Waals surface area contributed by atoms with E-state index < -0.39 is 0 Å². The van der Waals surface area contributed by atoms with Crippen molar-refractivity contribution < 1.29 is 4.79 Å². The monoisotopic (exact) mass is 313 g/mol. The van der Waals surface area contributed by atoms with Crippen LogP contribution in [0.4, 0.5) is 0 Å². The number of benzene rings is 1. The van der Waals surface area contributed by atoms with Crippen LogP contribution in [-0.4, -0.2) is 34.1 Å². The maximum Gasteiger partial charge on any atom is 0.238 e. The summed E-state index contributed by atoms with van der Waals surface area (Å²) in [6, 6.07) is 8.47. The van der Waals surface area contributed by atoms with Gasteiger partial charge in [-0.25, -0.2) is 10.4 Å². The van der Waals surface area contributed by atoms with E-state index in [1.165, 1.54) is 12.8 Å². The van der Waals surface area contributed by atoms with E-state index in [-0.39, 0.29) is 11.9 Å². The molecule has 2 fully saturated rings. The zero-order valence-electron chi connectivity index (χ0n) is 13.4. The molecule has 122 valence electrons. The van der Waals surface area contributed by atoms with Gasteiger partial charge in [-0.05, 0) is 25.0 Å². The molecular formula is C17H23N5O. The van der Waals surface area contributed by atoms with Gasteiger partial charge in [0.1, 0.15) is 11.9 Å². The van der Waals surface area contributed by atoms with Gasteiger partial charge in [0.25, 0.3) is 0 Å². The summed E-state index contributed by atoms with van der Waals surface area (Å²) in [4.78, 5) is 17.0. The molecule has 1 saturated heterocycles. The molecule has 0 spiro atoms. The zero-order valence-corrected chi connectivity index (χ0v) is 13.4. The molecule has 2 aromatic rings. The van der Waals surface area contributed by atoms with Crippen molar-refractivity contribution in [3.8, 4) is 0 Å². The molecule has 1 amide bonds. The van der Waals surface area contributed by atoms with Crippen LogP contribution >= 0.6 is 0 Å². The normalized spacial score (nSPS) is 26.6. The number of fused-ring (bicyclic) bond motifs is 2. The van der Waals surface area contributed by atoms with Gasteiger partial charge in [-0.3, -0.25) is 10.2 Å². The van der Waals surface area contributed by atoms with Crippen molar-refractivity contribution in [2.24, 2.45) is 13.0 Å². The van der Waals surface area contributed by atoms with E-state index in [1.807, 2.05) is 25.2 Å². The Labute approximate surface area is 135 Å². The van der Waals surface area contributed by atoms with E-state index in [9.17, 15) is 4.79 Å². The van der Waals surface area contributed by atoms with Crippen LogP contribution in [0.25, 0.3) is 11.0 Å². The second-order valence-electron chi connectivity index (χ2n) is 6.58. The van der Waals surface area contributed by atoms with Crippen molar-refractivity contribution in [3.05, 3.63) is 30.1 Å². The smallest absolute Gasteiger partial charge is 0.238 e. The van der Waals surface area contributed by atoms with Gasteiger partial charge < -0.3 is 9.88 Å². The molecule has 6 nitrogen and oxygen atoms in total. The largest absolute Gasteiger partial charge is 0.354 e. The van der Waals surface area contributed by atoms with Crippen molar-refractivity contribution in [3.63, 3.8) is 0 Å². The predicted octanol–water partition coefficient (Wildman–Crippen LogP) is 0.877. The number of carbonyl (C=O) groups is 1. The second-order valence-corrected chi connectivity index (χ2v) is 6.58. The molecule has 1 saturated carbocycles. The summed E-state index contributed by atoms with van der Waals surface area (Å²) in [5.41, 5.74) is 8.55. The number of aryl methyl sites for hydroxylation is 1. The summed E-state index contributed by atoms with van der Waals surface area (Å²) in [6.07, 6.45) is 4.26. The summed E-state index contributed by atoms with van der Waals surface area (Å²) in [6.45, 7) is 0.617. The van der Waals surface area contributed by atoms with Gasteiger partial charge in [0.05, 0.1) is 11.0 Å². The number of amides is 1. The molecule has 0 radical (unpaired) electrons. The van der Waals surface area contributed by atoms with Gasteiger partial charge in [-0.1, -0.05) is 18.6 Å². The maximum absolute atomic E-state index is 12.4. The van der Waals surface area contributed by atoms with Crippen molar-refractivity contribution in [1.82, 2.24) is 25.7 Å². The van der Waals surface area contributed by atoms with Gasteiger partial charge >= 0.3 is 0 Å². The lowest BCUT2D eigenvalue weighted by molar-refractivity contribution is -0.123. The first kappa shape index (κ1) is 14.7. The third kappa shape index (κ3) is 2.62. The van der Waals surface area contributed by atoms with Gasteiger partial charge in [-0.2, -0.15) is 0 Å². The number of hydrogen-bond acceptors (Lipinski definition) is 4. The molecule has 3 N–H and O–H groups in total. The van der Waals surface area contributed by atoms with Crippen LogP contribution in [0.1, 0.15) is 25.1 Å². The highest BCUT2D eigenvalue weighted by atomic mass is 16.2. The van der Waals surface area contributed by atoms with Crippen LogP contribution in [0, 0.1) is 5.92 Å². The van der Waals surface area contributed by atoms with Crippen LogP contribution in [0.15, 0.2) is 24.3 Å². The Balaban J connectivity index is 1.36. The number of para-hydroxylation sites is 2. The van der Waals surface area contributed by atoms with Crippen LogP contribution < -0.4 is 16.2 Å². The van der Waals surface area contributed by atoms with Crippen molar-refractivity contribution >= 4 is 16.9 Å². The molecule has 1 aliphatic carbocycles. The summed E-state index contributed by atoms with van der Waals surface area (Å²) in [5.74, 6) is 1.54. The van der Waals surface area contributed by atoms with E-state index >= 15 is 0 Å². The molecule has 4 rings (SSSR count). The first-order chi connectivity index (χ1) is 11.2. The fraction of sp³-hybridized carbons (Fsp3) is 0.529. The summed E-state index contributed by atoms with van der Waals surface area (Å²) in [5, 5.41) is 3.06. The SMILES string of the molecule is Cn1c(CCNC(=O)C2NNC3CCCC32)nc2ccccc21. The molecule has 1 aliphatic heterocycles. The number of aromatic nitrogens is 2. The van der Waals surface area contributed by atoms with Crippen molar-refractivity contribution in [1.29, 1.82) is 0 Å². The first-order valence-electron chi connectivity index (χ1n) is 8.43. The molecule has 3 unspecified atom stereocenters. The Hall–Kier alpha value is -1.92. The summed E-state index contributed by atoms with van der Waals surface area (Å²) in [7, 11) is 2.03. The molecule has 3 atom stereocenters. The molecule has 1 aromatic heterocycles. The van der Waals surface area contributed by atoms with Crippen molar-refractivity contribution in [2.45, 2.75) is 37.8 Å². The van der Waals surface area contributed by atoms with Crippen LogP contribution in [-0.2, 0) is 18.3 Å².